The number of carbonyl (C=O) groups is 3. The zero-order valence-electron chi connectivity index (χ0n) is 17.9. The first-order valence-electron chi connectivity index (χ1n) is 10.1. The molecule has 31 heavy (non-hydrogen) atoms. The van der Waals surface area contributed by atoms with Gasteiger partial charge in [0.2, 0.25) is 5.91 Å². The molecule has 0 aromatic heterocycles. The third-order valence-corrected chi connectivity index (χ3v) is 5.14. The number of hydrogen-bond donors (Lipinski definition) is 2. The average Bonchev–Trinajstić information content (AvgIpc) is 2.76. The molecular weight excluding hydrogens is 392 g/mol. The van der Waals surface area contributed by atoms with Crippen LogP contribution < -0.4 is 10.6 Å². The van der Waals surface area contributed by atoms with Gasteiger partial charge in [0, 0.05) is 24.6 Å². The summed E-state index contributed by atoms with van der Waals surface area (Å²) in [6.07, 6.45) is 0.521. The summed E-state index contributed by atoms with van der Waals surface area (Å²) in [5, 5.41) is 7.94. The number of nitrogens with one attached hydrogen (secondary N) is 2. The van der Waals surface area contributed by atoms with Gasteiger partial charge in [-0.2, -0.15) is 0 Å². The summed E-state index contributed by atoms with van der Waals surface area (Å²) in [4.78, 5) is 36.2. The second-order valence-corrected chi connectivity index (χ2v) is 7.39. The van der Waals surface area contributed by atoms with Crippen molar-refractivity contribution in [1.82, 2.24) is 5.32 Å². The molecule has 0 aliphatic carbocycles. The van der Waals surface area contributed by atoms with Crippen molar-refractivity contribution in [3.8, 4) is 0 Å². The lowest BCUT2D eigenvalue weighted by atomic mass is 9.98. The van der Waals surface area contributed by atoms with Crippen LogP contribution in [0, 0.1) is 0 Å². The number of anilines is 1. The summed E-state index contributed by atoms with van der Waals surface area (Å²) < 4.78 is 4.72. The third-order valence-electron chi connectivity index (χ3n) is 5.14. The largest absolute Gasteiger partial charge is 0.469 e. The molecule has 3 aromatic carbocycles. The Balaban J connectivity index is 1.88. The molecule has 0 heterocycles. The normalized spacial score (nSPS) is 11.6. The van der Waals surface area contributed by atoms with Gasteiger partial charge in [-0.3, -0.25) is 14.4 Å². The highest BCUT2D eigenvalue weighted by molar-refractivity contribution is 5.99. The van der Waals surface area contributed by atoms with Gasteiger partial charge in [0.05, 0.1) is 13.2 Å². The number of esters is 1. The SMILES string of the molecule is COC(=O)CCc1ccc(NC(C)=O)cc1C(=O)N[C@H](C)c1cccc2ccccc12. The standard InChI is InChI=1S/C25H26N2O4/c1-16(21-10-6-8-18-7-4-5-9-22(18)21)26-25(30)23-15-20(27-17(2)28)13-11-19(23)12-14-24(29)31-3/h4-11,13,15-16H,12,14H2,1-3H3,(H,26,30)(H,27,28)/t16-/m1/s1. The smallest absolute Gasteiger partial charge is 0.305 e. The number of fused-ring (bicyclic) bond motifs is 1. The highest BCUT2D eigenvalue weighted by Crippen LogP contribution is 2.25. The lowest BCUT2D eigenvalue weighted by Gasteiger charge is -2.18. The molecule has 160 valence electrons. The molecule has 0 fully saturated rings. The maximum absolute atomic E-state index is 13.2. The molecule has 6 nitrogen and oxygen atoms in total. The van der Waals surface area contributed by atoms with Gasteiger partial charge in [0.15, 0.2) is 0 Å². The highest BCUT2D eigenvalue weighted by atomic mass is 16.5. The molecule has 0 saturated carbocycles. The number of aryl methyl sites for hydroxylation is 1. The van der Waals surface area contributed by atoms with E-state index in [1.165, 1.54) is 14.0 Å². The number of rotatable bonds is 7. The Morgan fingerprint density at radius 3 is 2.48 bits per heavy atom. The molecule has 0 spiro atoms. The Morgan fingerprint density at radius 1 is 1.00 bits per heavy atom. The first kappa shape index (κ1) is 22.0. The summed E-state index contributed by atoms with van der Waals surface area (Å²) in [5.41, 5.74) is 2.67. The van der Waals surface area contributed by atoms with Crippen molar-refractivity contribution >= 4 is 34.2 Å². The molecule has 0 saturated heterocycles. The summed E-state index contributed by atoms with van der Waals surface area (Å²) in [6, 6.07) is 18.9. The van der Waals surface area contributed by atoms with Crippen LogP contribution in [0.5, 0.6) is 0 Å². The molecule has 3 aromatic rings. The zero-order chi connectivity index (χ0) is 22.4. The number of ether oxygens (including phenoxy) is 1. The Bertz CT molecular complexity index is 1120. The molecule has 0 radical (unpaired) electrons. The quantitative estimate of drug-likeness (QED) is 0.557. The van der Waals surface area contributed by atoms with E-state index in [2.05, 4.69) is 10.6 Å². The third kappa shape index (κ3) is 5.48. The van der Waals surface area contributed by atoms with Crippen LogP contribution >= 0.6 is 0 Å². The van der Waals surface area contributed by atoms with Gasteiger partial charge < -0.3 is 15.4 Å². The van der Waals surface area contributed by atoms with E-state index in [-0.39, 0.29) is 30.2 Å². The Kier molecular flexibility index (Phi) is 7.03. The van der Waals surface area contributed by atoms with E-state index in [0.717, 1.165) is 16.3 Å². The van der Waals surface area contributed by atoms with Crippen LogP contribution in [0.15, 0.2) is 60.7 Å². The van der Waals surface area contributed by atoms with Crippen LogP contribution in [-0.4, -0.2) is 24.9 Å². The van der Waals surface area contributed by atoms with E-state index in [9.17, 15) is 14.4 Å². The van der Waals surface area contributed by atoms with Gasteiger partial charge >= 0.3 is 5.97 Å². The van der Waals surface area contributed by atoms with Crippen LogP contribution in [0.25, 0.3) is 10.8 Å². The molecule has 2 amide bonds. The fourth-order valence-electron chi connectivity index (χ4n) is 3.61. The van der Waals surface area contributed by atoms with Gasteiger partial charge in [0.25, 0.3) is 5.91 Å². The van der Waals surface area contributed by atoms with E-state index in [0.29, 0.717) is 23.2 Å². The van der Waals surface area contributed by atoms with Gasteiger partial charge in [-0.25, -0.2) is 0 Å². The molecule has 0 aliphatic rings. The molecule has 3 rings (SSSR count). The topological polar surface area (TPSA) is 84.5 Å². The maximum Gasteiger partial charge on any atom is 0.305 e. The van der Waals surface area contributed by atoms with Crippen LogP contribution in [-0.2, 0) is 20.7 Å². The minimum atomic E-state index is -0.346. The predicted molar refractivity (Wildman–Crippen MR) is 121 cm³/mol. The molecular formula is C25H26N2O4. The summed E-state index contributed by atoms with van der Waals surface area (Å²) in [6.45, 7) is 3.35. The van der Waals surface area contributed by atoms with Crippen LogP contribution in [0.2, 0.25) is 0 Å². The first-order valence-corrected chi connectivity index (χ1v) is 10.1. The predicted octanol–water partition coefficient (Wildman–Crippen LogP) is 4.39. The molecule has 1 atom stereocenters. The van der Waals surface area contributed by atoms with Crippen molar-refractivity contribution in [1.29, 1.82) is 0 Å². The summed E-state index contributed by atoms with van der Waals surface area (Å²) in [5.74, 6) is -0.841. The van der Waals surface area contributed by atoms with Crippen molar-refractivity contribution in [2.45, 2.75) is 32.7 Å². The number of hydrogen-bond acceptors (Lipinski definition) is 4. The maximum atomic E-state index is 13.2. The van der Waals surface area contributed by atoms with Gasteiger partial charge in [-0.15, -0.1) is 0 Å². The Morgan fingerprint density at radius 2 is 1.74 bits per heavy atom. The number of benzene rings is 3. The van der Waals surface area contributed by atoms with Crippen molar-refractivity contribution in [3.05, 3.63) is 77.4 Å². The van der Waals surface area contributed by atoms with E-state index in [1.54, 1.807) is 18.2 Å². The lowest BCUT2D eigenvalue weighted by molar-refractivity contribution is -0.140. The second-order valence-electron chi connectivity index (χ2n) is 7.39. The fraction of sp³-hybridized carbons (Fsp3) is 0.240. The van der Waals surface area contributed by atoms with Crippen molar-refractivity contribution in [2.75, 3.05) is 12.4 Å². The minimum absolute atomic E-state index is 0.162. The Labute approximate surface area is 181 Å². The van der Waals surface area contributed by atoms with Gasteiger partial charge in [-0.05, 0) is 47.4 Å². The van der Waals surface area contributed by atoms with E-state index in [1.807, 2.05) is 49.4 Å². The number of carbonyl (C=O) groups excluding carboxylic acids is 3. The molecule has 0 bridgehead atoms. The Hall–Kier alpha value is -3.67. The van der Waals surface area contributed by atoms with Crippen LogP contribution in [0.1, 0.15) is 47.8 Å². The monoisotopic (exact) mass is 418 g/mol. The molecule has 6 heteroatoms. The summed E-state index contributed by atoms with van der Waals surface area (Å²) in [7, 11) is 1.34. The van der Waals surface area contributed by atoms with Gasteiger partial charge in [-0.1, -0.05) is 48.5 Å². The van der Waals surface area contributed by atoms with Gasteiger partial charge in [0.1, 0.15) is 0 Å². The van der Waals surface area contributed by atoms with Crippen LogP contribution in [0.3, 0.4) is 0 Å². The lowest BCUT2D eigenvalue weighted by Crippen LogP contribution is -2.28. The summed E-state index contributed by atoms with van der Waals surface area (Å²) >= 11 is 0. The van der Waals surface area contributed by atoms with Crippen molar-refractivity contribution in [3.63, 3.8) is 0 Å². The molecule has 2 N–H and O–H groups in total. The minimum Gasteiger partial charge on any atom is -0.469 e. The van der Waals surface area contributed by atoms with Crippen molar-refractivity contribution in [2.24, 2.45) is 0 Å². The van der Waals surface area contributed by atoms with E-state index >= 15 is 0 Å². The first-order chi connectivity index (χ1) is 14.9. The van der Waals surface area contributed by atoms with Crippen LogP contribution in [0.4, 0.5) is 5.69 Å². The van der Waals surface area contributed by atoms with E-state index < -0.39 is 0 Å². The molecule has 0 aliphatic heterocycles. The fourth-order valence-corrected chi connectivity index (χ4v) is 3.61. The number of amides is 2. The second kappa shape index (κ2) is 9.89. The highest BCUT2D eigenvalue weighted by Gasteiger charge is 2.18. The van der Waals surface area contributed by atoms with Crippen molar-refractivity contribution < 1.29 is 19.1 Å². The molecule has 0 unspecified atom stereocenters. The number of methoxy groups -OCH3 is 1. The van der Waals surface area contributed by atoms with E-state index in [4.69, 9.17) is 4.74 Å². The zero-order valence-corrected chi connectivity index (χ0v) is 17.9. The average molecular weight is 418 g/mol.